The second-order valence-corrected chi connectivity index (χ2v) is 11.0. The number of nitrogens with zero attached hydrogens (tertiary/aromatic N) is 1. The first-order valence-electron chi connectivity index (χ1n) is 12.6. The van der Waals surface area contributed by atoms with Gasteiger partial charge in [-0.3, -0.25) is 19.3 Å². The first-order valence-corrected chi connectivity index (χ1v) is 14.1. The minimum Gasteiger partial charge on any atom is -0.488 e. The van der Waals surface area contributed by atoms with E-state index >= 15 is 0 Å². The Bertz CT molecular complexity index is 1760. The maximum atomic E-state index is 13.3. The highest BCUT2D eigenvalue weighted by Gasteiger charge is 2.36. The summed E-state index contributed by atoms with van der Waals surface area (Å²) in [7, 11) is 1.21. The van der Waals surface area contributed by atoms with E-state index in [0.29, 0.717) is 16.3 Å². The summed E-state index contributed by atoms with van der Waals surface area (Å²) in [6.07, 6.45) is 1.62. The zero-order chi connectivity index (χ0) is 29.8. The third-order valence-corrected chi connectivity index (χ3v) is 7.83. The zero-order valence-electron chi connectivity index (χ0n) is 22.1. The monoisotopic (exact) mass is 620 g/mol. The van der Waals surface area contributed by atoms with E-state index in [0.717, 1.165) is 33.0 Å². The van der Waals surface area contributed by atoms with Crippen molar-refractivity contribution in [1.82, 2.24) is 4.90 Å². The van der Waals surface area contributed by atoms with Crippen LogP contribution in [0.1, 0.15) is 21.5 Å². The smallest absolute Gasteiger partial charge is 0.339 e. The fraction of sp³-hybridized carbons (Fsp3) is 0.0968. The van der Waals surface area contributed by atoms with Gasteiger partial charge in [-0.1, -0.05) is 65.7 Å². The van der Waals surface area contributed by atoms with Crippen molar-refractivity contribution in [3.05, 3.63) is 111 Å². The van der Waals surface area contributed by atoms with E-state index in [2.05, 4.69) is 5.32 Å². The second-order valence-electron chi connectivity index (χ2n) is 9.12. The molecular weight excluding hydrogens is 599 g/mol. The van der Waals surface area contributed by atoms with Gasteiger partial charge in [0.15, 0.2) is 0 Å². The van der Waals surface area contributed by atoms with Crippen molar-refractivity contribution >= 4 is 80.5 Å². The number of carbonyl (C=O) groups excluding carboxylic acids is 4. The number of hydrogen-bond donors (Lipinski definition) is 1. The molecule has 11 heteroatoms. The third-order valence-electron chi connectivity index (χ3n) is 6.34. The molecule has 212 valence electrons. The number of methoxy groups -OCH3 is 1. The van der Waals surface area contributed by atoms with Gasteiger partial charge in [-0.25, -0.2) is 4.79 Å². The molecular formula is C31H22Cl2N2O6S. The Balaban J connectivity index is 1.37. The molecule has 8 nitrogen and oxygen atoms in total. The zero-order valence-corrected chi connectivity index (χ0v) is 24.4. The molecule has 0 unspecified atom stereocenters. The molecule has 1 saturated heterocycles. The lowest BCUT2D eigenvalue weighted by Crippen LogP contribution is -2.36. The Labute approximate surface area is 255 Å². The molecule has 3 amide bonds. The summed E-state index contributed by atoms with van der Waals surface area (Å²) in [5.41, 5.74) is 1.86. The SMILES string of the molecule is COC(=O)c1cc(NC(=O)CN2C(=O)S/C(=C/c3c(OCc4ccc(Cl)cc4)ccc4ccccc34)C2=O)ccc1Cl. The predicted octanol–water partition coefficient (Wildman–Crippen LogP) is 7.19. The highest BCUT2D eigenvalue weighted by molar-refractivity contribution is 8.18. The van der Waals surface area contributed by atoms with Crippen LogP contribution in [-0.4, -0.2) is 41.6 Å². The number of hydrogen-bond acceptors (Lipinski definition) is 7. The van der Waals surface area contributed by atoms with Crippen molar-refractivity contribution in [1.29, 1.82) is 0 Å². The summed E-state index contributed by atoms with van der Waals surface area (Å²) in [6, 6.07) is 22.9. The number of rotatable bonds is 8. The maximum Gasteiger partial charge on any atom is 0.339 e. The minimum atomic E-state index is -0.669. The molecule has 5 rings (SSSR count). The molecule has 0 spiro atoms. The number of ether oxygens (including phenoxy) is 2. The van der Waals surface area contributed by atoms with Crippen LogP contribution < -0.4 is 10.1 Å². The van der Waals surface area contributed by atoms with Gasteiger partial charge in [-0.15, -0.1) is 0 Å². The summed E-state index contributed by atoms with van der Waals surface area (Å²) >= 11 is 12.8. The van der Waals surface area contributed by atoms with Gasteiger partial charge in [0.25, 0.3) is 11.1 Å². The van der Waals surface area contributed by atoms with Crippen LogP contribution in [0.5, 0.6) is 5.75 Å². The molecule has 1 aliphatic heterocycles. The fourth-order valence-electron chi connectivity index (χ4n) is 4.27. The van der Waals surface area contributed by atoms with Gasteiger partial charge >= 0.3 is 5.97 Å². The molecule has 0 bridgehead atoms. The number of fused-ring (bicyclic) bond motifs is 1. The third kappa shape index (κ3) is 6.44. The Morgan fingerprint density at radius 1 is 0.976 bits per heavy atom. The number of benzene rings is 4. The molecule has 0 aliphatic carbocycles. The van der Waals surface area contributed by atoms with E-state index in [-0.39, 0.29) is 27.8 Å². The lowest BCUT2D eigenvalue weighted by molar-refractivity contribution is -0.127. The first-order chi connectivity index (χ1) is 20.2. The molecule has 0 radical (unpaired) electrons. The average molecular weight is 621 g/mol. The quantitative estimate of drug-likeness (QED) is 0.164. The van der Waals surface area contributed by atoms with Crippen molar-refractivity contribution < 1.29 is 28.7 Å². The molecule has 1 aliphatic rings. The fourth-order valence-corrected chi connectivity index (χ4v) is 5.41. The van der Waals surface area contributed by atoms with Crippen molar-refractivity contribution in [2.45, 2.75) is 6.61 Å². The van der Waals surface area contributed by atoms with E-state index in [9.17, 15) is 19.2 Å². The summed E-state index contributed by atoms with van der Waals surface area (Å²) < 4.78 is 10.8. The van der Waals surface area contributed by atoms with Crippen molar-refractivity contribution in [3.8, 4) is 5.75 Å². The summed E-state index contributed by atoms with van der Waals surface area (Å²) in [5.74, 6) is -1.38. The van der Waals surface area contributed by atoms with Crippen molar-refractivity contribution in [3.63, 3.8) is 0 Å². The van der Waals surface area contributed by atoms with Crippen LogP contribution in [0.4, 0.5) is 10.5 Å². The highest BCUT2D eigenvalue weighted by atomic mass is 35.5. The number of amides is 3. The molecule has 0 saturated carbocycles. The maximum absolute atomic E-state index is 13.3. The molecule has 1 fully saturated rings. The molecule has 42 heavy (non-hydrogen) atoms. The van der Waals surface area contributed by atoms with Crippen LogP contribution in [0, 0.1) is 0 Å². The number of halogens is 2. The van der Waals surface area contributed by atoms with Gasteiger partial charge in [0.05, 0.1) is 22.6 Å². The number of anilines is 1. The average Bonchev–Trinajstić information content (AvgIpc) is 3.25. The molecule has 1 N–H and O–H groups in total. The van der Waals surface area contributed by atoms with E-state index < -0.39 is 29.6 Å². The van der Waals surface area contributed by atoms with E-state index in [1.54, 1.807) is 18.2 Å². The van der Waals surface area contributed by atoms with Crippen LogP contribution in [0.2, 0.25) is 10.0 Å². The van der Waals surface area contributed by atoms with Gasteiger partial charge in [0.2, 0.25) is 5.91 Å². The van der Waals surface area contributed by atoms with Crippen LogP contribution in [-0.2, 0) is 20.9 Å². The molecule has 0 atom stereocenters. The number of imide groups is 1. The van der Waals surface area contributed by atoms with Gasteiger partial charge in [0.1, 0.15) is 18.9 Å². The highest BCUT2D eigenvalue weighted by Crippen LogP contribution is 2.37. The van der Waals surface area contributed by atoms with Gasteiger partial charge in [0, 0.05) is 16.3 Å². The Hall–Kier alpha value is -4.31. The van der Waals surface area contributed by atoms with Crippen LogP contribution in [0.3, 0.4) is 0 Å². The van der Waals surface area contributed by atoms with Crippen molar-refractivity contribution in [2.75, 3.05) is 19.0 Å². The normalized spacial score (nSPS) is 14.0. The molecule has 1 heterocycles. The Morgan fingerprint density at radius 3 is 2.50 bits per heavy atom. The van der Waals surface area contributed by atoms with Crippen LogP contribution in [0.25, 0.3) is 16.8 Å². The van der Waals surface area contributed by atoms with E-state index in [1.807, 2.05) is 48.5 Å². The van der Waals surface area contributed by atoms with Crippen LogP contribution in [0.15, 0.2) is 83.8 Å². The van der Waals surface area contributed by atoms with Crippen molar-refractivity contribution in [2.24, 2.45) is 0 Å². The number of thioether (sulfide) groups is 1. The molecule has 4 aromatic carbocycles. The van der Waals surface area contributed by atoms with E-state index in [1.165, 1.54) is 25.3 Å². The Morgan fingerprint density at radius 2 is 1.74 bits per heavy atom. The lowest BCUT2D eigenvalue weighted by atomic mass is 10.0. The standard InChI is InChI=1S/C31H22Cl2N2O6S/c1-40-30(38)24-14-21(11-12-25(24)33)34-28(36)16-35-29(37)27(42-31(35)39)15-23-22-5-3-2-4-19(22)8-13-26(23)41-17-18-6-9-20(32)10-7-18/h2-15H,16-17H2,1H3,(H,34,36)/b27-15+. The summed E-state index contributed by atoms with van der Waals surface area (Å²) in [4.78, 5) is 51.8. The largest absolute Gasteiger partial charge is 0.488 e. The van der Waals surface area contributed by atoms with Gasteiger partial charge in [-0.05, 0) is 70.6 Å². The summed E-state index contributed by atoms with van der Waals surface area (Å²) in [6.45, 7) is -0.256. The number of nitrogens with one attached hydrogen (secondary N) is 1. The van der Waals surface area contributed by atoms with Gasteiger partial charge in [-0.2, -0.15) is 0 Å². The number of carbonyl (C=O) groups is 4. The molecule has 0 aromatic heterocycles. The topological polar surface area (TPSA) is 102 Å². The predicted molar refractivity (Wildman–Crippen MR) is 164 cm³/mol. The summed E-state index contributed by atoms with van der Waals surface area (Å²) in [5, 5.41) is 4.53. The van der Waals surface area contributed by atoms with Gasteiger partial charge < -0.3 is 14.8 Å². The first kappa shape index (κ1) is 29.2. The second kappa shape index (κ2) is 12.7. The minimum absolute atomic E-state index is 0.0650. The molecule has 4 aromatic rings. The van der Waals surface area contributed by atoms with Crippen LogP contribution >= 0.6 is 35.0 Å². The number of esters is 1. The van der Waals surface area contributed by atoms with E-state index in [4.69, 9.17) is 32.7 Å². The lowest BCUT2D eigenvalue weighted by Gasteiger charge is -2.14. The Kier molecular flexibility index (Phi) is 8.82.